The van der Waals surface area contributed by atoms with E-state index >= 15 is 0 Å². The zero-order valence-corrected chi connectivity index (χ0v) is 14.3. The van der Waals surface area contributed by atoms with Crippen LogP contribution in [0.5, 0.6) is 0 Å². The number of hydrogen-bond donors (Lipinski definition) is 1. The highest BCUT2D eigenvalue weighted by atomic mass is 32.1. The van der Waals surface area contributed by atoms with Crippen LogP contribution >= 0.6 is 11.3 Å². The first-order valence-electron chi connectivity index (χ1n) is 8.32. The molecule has 24 heavy (non-hydrogen) atoms. The third-order valence-corrected chi connectivity index (χ3v) is 5.58. The van der Waals surface area contributed by atoms with Gasteiger partial charge < -0.3 is 5.11 Å². The minimum absolute atomic E-state index is 0.230. The molecule has 2 aromatic heterocycles. The summed E-state index contributed by atoms with van der Waals surface area (Å²) in [6, 6.07) is 15.0. The fourth-order valence-electron chi connectivity index (χ4n) is 3.54. The van der Waals surface area contributed by atoms with Gasteiger partial charge in [0.15, 0.2) is 0 Å². The summed E-state index contributed by atoms with van der Waals surface area (Å²) in [5, 5.41) is 16.9. The molecule has 5 heteroatoms. The topological polar surface area (TPSA) is 41.3 Å². The highest BCUT2D eigenvalue weighted by Crippen LogP contribution is 2.37. The molecule has 124 valence electrons. The molecule has 0 bridgehead atoms. The number of benzene rings is 1. The number of rotatable bonds is 5. The van der Waals surface area contributed by atoms with Gasteiger partial charge in [-0.1, -0.05) is 30.3 Å². The van der Waals surface area contributed by atoms with Crippen LogP contribution < -0.4 is 0 Å². The van der Waals surface area contributed by atoms with Crippen LogP contribution in [0.3, 0.4) is 0 Å². The largest absolute Gasteiger partial charge is 0.390 e. The number of aliphatic hydroxyl groups is 1. The molecule has 0 fully saturated rings. The monoisotopic (exact) mass is 339 g/mol. The van der Waals surface area contributed by atoms with E-state index in [1.165, 1.54) is 16.0 Å². The maximum Gasteiger partial charge on any atom is 0.0863 e. The van der Waals surface area contributed by atoms with Crippen molar-refractivity contribution in [1.29, 1.82) is 0 Å². The summed E-state index contributed by atoms with van der Waals surface area (Å²) < 4.78 is 1.79. The predicted octanol–water partition coefficient (Wildman–Crippen LogP) is 2.95. The second kappa shape index (κ2) is 6.89. The fourth-order valence-corrected chi connectivity index (χ4v) is 4.45. The van der Waals surface area contributed by atoms with Crippen LogP contribution in [0.4, 0.5) is 0 Å². The van der Waals surface area contributed by atoms with Gasteiger partial charge >= 0.3 is 0 Å². The van der Waals surface area contributed by atoms with Crippen LogP contribution in [0.25, 0.3) is 0 Å². The summed E-state index contributed by atoms with van der Waals surface area (Å²) in [4.78, 5) is 3.88. The fraction of sp³-hybridized carbons (Fsp3) is 0.316. The average Bonchev–Trinajstić information content (AvgIpc) is 3.26. The lowest BCUT2D eigenvalue weighted by Gasteiger charge is -2.37. The minimum atomic E-state index is -0.434. The van der Waals surface area contributed by atoms with Crippen LogP contribution in [0.15, 0.2) is 60.2 Å². The van der Waals surface area contributed by atoms with Gasteiger partial charge in [-0.2, -0.15) is 5.10 Å². The summed E-state index contributed by atoms with van der Waals surface area (Å²) in [5.41, 5.74) is 2.69. The molecular weight excluding hydrogens is 318 g/mol. The normalized spacial score (nSPS) is 19.1. The van der Waals surface area contributed by atoms with Crippen molar-refractivity contribution in [2.45, 2.75) is 25.1 Å². The summed E-state index contributed by atoms with van der Waals surface area (Å²) in [7, 11) is 0. The molecule has 4 nitrogen and oxygen atoms in total. The molecule has 3 heterocycles. The van der Waals surface area contributed by atoms with Crippen molar-refractivity contribution in [3.05, 3.63) is 76.2 Å². The molecule has 1 aliphatic rings. The molecule has 0 aliphatic carbocycles. The van der Waals surface area contributed by atoms with E-state index in [2.05, 4.69) is 51.8 Å². The number of β-amino-alcohol motifs (C(OH)–C–C–N with tert-alkyl or cyclic N) is 1. The van der Waals surface area contributed by atoms with Gasteiger partial charge in [-0.15, -0.1) is 11.3 Å². The van der Waals surface area contributed by atoms with E-state index in [0.717, 1.165) is 13.0 Å². The van der Waals surface area contributed by atoms with Crippen LogP contribution in [-0.2, 0) is 13.0 Å². The van der Waals surface area contributed by atoms with E-state index in [1.807, 2.05) is 23.6 Å². The first-order chi connectivity index (χ1) is 11.8. The molecular formula is C19H21N3OS. The molecule has 1 aromatic carbocycles. The van der Waals surface area contributed by atoms with Gasteiger partial charge in [0.25, 0.3) is 0 Å². The third-order valence-electron chi connectivity index (χ3n) is 4.58. The number of nitrogens with zero attached hydrogens (tertiary/aromatic N) is 3. The Kier molecular flexibility index (Phi) is 4.47. The Balaban J connectivity index is 1.57. The van der Waals surface area contributed by atoms with E-state index < -0.39 is 6.10 Å². The molecule has 1 aliphatic heterocycles. The molecule has 0 saturated carbocycles. The van der Waals surface area contributed by atoms with Crippen molar-refractivity contribution in [3.63, 3.8) is 0 Å². The SMILES string of the molecule is O[C@H](CN1CCc2sccc2[C@H]1c1ccccc1)Cn1cccn1. The third kappa shape index (κ3) is 3.15. The molecule has 0 radical (unpaired) electrons. The predicted molar refractivity (Wildman–Crippen MR) is 96.1 cm³/mol. The molecule has 1 N–H and O–H groups in total. The second-order valence-electron chi connectivity index (χ2n) is 6.24. The van der Waals surface area contributed by atoms with Gasteiger partial charge in [-0.05, 0) is 35.1 Å². The van der Waals surface area contributed by atoms with E-state index in [-0.39, 0.29) is 6.04 Å². The molecule has 0 saturated heterocycles. The Bertz CT molecular complexity index is 769. The highest BCUT2D eigenvalue weighted by Gasteiger charge is 2.30. The van der Waals surface area contributed by atoms with Crippen molar-refractivity contribution in [2.75, 3.05) is 13.1 Å². The van der Waals surface area contributed by atoms with Crippen LogP contribution in [0, 0.1) is 0 Å². The van der Waals surface area contributed by atoms with Crippen molar-refractivity contribution in [2.24, 2.45) is 0 Å². The van der Waals surface area contributed by atoms with Crippen molar-refractivity contribution < 1.29 is 5.11 Å². The number of aliphatic hydroxyl groups excluding tert-OH is 1. The Labute approximate surface area is 146 Å². The van der Waals surface area contributed by atoms with E-state index in [9.17, 15) is 5.11 Å². The van der Waals surface area contributed by atoms with Gasteiger partial charge in [0.2, 0.25) is 0 Å². The van der Waals surface area contributed by atoms with Crippen molar-refractivity contribution in [1.82, 2.24) is 14.7 Å². The van der Waals surface area contributed by atoms with Crippen LogP contribution in [0.1, 0.15) is 22.0 Å². The summed E-state index contributed by atoms with van der Waals surface area (Å²) in [5.74, 6) is 0. The second-order valence-corrected chi connectivity index (χ2v) is 7.24. The molecule has 3 aromatic rings. The molecule has 4 rings (SSSR count). The highest BCUT2D eigenvalue weighted by molar-refractivity contribution is 7.10. The Morgan fingerprint density at radius 3 is 2.83 bits per heavy atom. The minimum Gasteiger partial charge on any atom is -0.390 e. The molecule has 0 amide bonds. The lowest BCUT2D eigenvalue weighted by molar-refractivity contribution is 0.0780. The van der Waals surface area contributed by atoms with Crippen molar-refractivity contribution in [3.8, 4) is 0 Å². The molecule has 0 unspecified atom stereocenters. The van der Waals surface area contributed by atoms with E-state index in [0.29, 0.717) is 13.1 Å². The maximum atomic E-state index is 10.5. The van der Waals surface area contributed by atoms with Gasteiger partial charge in [-0.3, -0.25) is 9.58 Å². The summed E-state index contributed by atoms with van der Waals surface area (Å²) >= 11 is 1.85. The van der Waals surface area contributed by atoms with Gasteiger partial charge in [0.05, 0.1) is 18.7 Å². The number of fused-ring (bicyclic) bond motifs is 1. The Hall–Kier alpha value is -1.95. The molecule has 2 atom stereocenters. The Morgan fingerprint density at radius 1 is 1.17 bits per heavy atom. The number of hydrogen-bond acceptors (Lipinski definition) is 4. The van der Waals surface area contributed by atoms with Crippen LogP contribution in [-0.4, -0.2) is 39.0 Å². The standard InChI is InChI=1S/C19H21N3OS/c23-16(14-22-10-4-9-20-22)13-21-11-7-18-17(8-12-24-18)19(21)15-5-2-1-3-6-15/h1-6,8-10,12,16,19,23H,7,11,13-14H2/t16-,19-/m1/s1. The summed E-state index contributed by atoms with van der Waals surface area (Å²) in [6.07, 6.45) is 4.27. The van der Waals surface area contributed by atoms with E-state index in [4.69, 9.17) is 0 Å². The first kappa shape index (κ1) is 15.6. The summed E-state index contributed by atoms with van der Waals surface area (Å²) in [6.45, 7) is 2.15. The van der Waals surface area contributed by atoms with Gasteiger partial charge in [-0.25, -0.2) is 0 Å². The van der Waals surface area contributed by atoms with E-state index in [1.54, 1.807) is 10.9 Å². The Morgan fingerprint density at radius 2 is 2.04 bits per heavy atom. The zero-order chi connectivity index (χ0) is 16.4. The average molecular weight is 339 g/mol. The number of aromatic nitrogens is 2. The van der Waals surface area contributed by atoms with Crippen LogP contribution in [0.2, 0.25) is 0 Å². The maximum absolute atomic E-state index is 10.5. The van der Waals surface area contributed by atoms with Gasteiger partial charge in [0, 0.05) is 30.4 Å². The van der Waals surface area contributed by atoms with Crippen molar-refractivity contribution >= 4 is 11.3 Å². The quantitative estimate of drug-likeness (QED) is 0.777. The lowest BCUT2D eigenvalue weighted by Crippen LogP contribution is -2.41. The molecule has 0 spiro atoms. The zero-order valence-electron chi connectivity index (χ0n) is 13.5. The smallest absolute Gasteiger partial charge is 0.0863 e. The number of thiophene rings is 1. The lowest BCUT2D eigenvalue weighted by atomic mass is 9.93. The first-order valence-corrected chi connectivity index (χ1v) is 9.20. The van der Waals surface area contributed by atoms with Gasteiger partial charge in [0.1, 0.15) is 0 Å².